The van der Waals surface area contributed by atoms with Gasteiger partial charge in [0.05, 0.1) is 11.4 Å². The first-order valence-electron chi connectivity index (χ1n) is 20.5. The van der Waals surface area contributed by atoms with Crippen molar-refractivity contribution >= 4 is 133 Å². The fourth-order valence-corrected chi connectivity index (χ4v) is 8.39. The fourth-order valence-electron chi connectivity index (χ4n) is 8.39. The lowest BCUT2D eigenvalue weighted by molar-refractivity contribution is 0.866. The normalized spacial score (nSPS) is 11.6. The molecular formula is C52H30B10N2. The molecule has 6 aromatic carbocycles. The summed E-state index contributed by atoms with van der Waals surface area (Å²) in [6.45, 7) is 3.93. The molecule has 0 spiro atoms. The fraction of sp³-hybridized carbons (Fsp3) is 0.0769. The number of aromatic nitrogens is 2. The van der Waals surface area contributed by atoms with Gasteiger partial charge in [-0.15, -0.1) is 39.2 Å². The number of rotatable bonds is 9. The minimum absolute atomic E-state index is 0.172. The second kappa shape index (κ2) is 18.1. The number of aryl methyl sites for hydroxylation is 2. The summed E-state index contributed by atoms with van der Waals surface area (Å²) >= 11 is 0. The Kier molecular flexibility index (Phi) is 12.6. The third kappa shape index (κ3) is 8.11. The van der Waals surface area contributed by atoms with Crippen molar-refractivity contribution in [2.24, 2.45) is 0 Å². The van der Waals surface area contributed by atoms with Crippen LogP contribution in [0.5, 0.6) is 0 Å². The third-order valence-electron chi connectivity index (χ3n) is 12.1. The van der Waals surface area contributed by atoms with Gasteiger partial charge in [-0.25, -0.2) is 0 Å². The topological polar surface area (TPSA) is 25.8 Å². The van der Waals surface area contributed by atoms with E-state index in [0.717, 1.165) is 78.1 Å². The lowest BCUT2D eigenvalue weighted by Crippen LogP contribution is -2.55. The maximum absolute atomic E-state index is 6.36. The van der Waals surface area contributed by atoms with Crippen molar-refractivity contribution in [2.45, 2.75) is 26.2 Å². The molecule has 2 nitrogen and oxygen atoms in total. The molecule has 12 heteroatoms. The van der Waals surface area contributed by atoms with E-state index in [0.29, 0.717) is 17.5 Å². The summed E-state index contributed by atoms with van der Waals surface area (Å²) in [4.78, 5) is 9.54. The first kappa shape index (κ1) is 44.4. The van der Waals surface area contributed by atoms with Gasteiger partial charge < -0.3 is 0 Å². The Morgan fingerprint density at radius 1 is 0.438 bits per heavy atom. The number of hydrogen-bond donors (Lipinski definition) is 0. The van der Waals surface area contributed by atoms with Gasteiger partial charge in [-0.1, -0.05) is 125 Å². The van der Waals surface area contributed by atoms with Crippen LogP contribution >= 0.6 is 0 Å². The third-order valence-corrected chi connectivity index (χ3v) is 12.1. The van der Waals surface area contributed by atoms with Crippen molar-refractivity contribution in [3.8, 4) is 79.4 Å². The van der Waals surface area contributed by atoms with Gasteiger partial charge in [0.1, 0.15) is 78.5 Å². The zero-order chi connectivity index (χ0) is 45.6. The van der Waals surface area contributed by atoms with Gasteiger partial charge in [0.25, 0.3) is 0 Å². The molecule has 0 bridgehead atoms. The Morgan fingerprint density at radius 3 is 1.22 bits per heavy atom. The minimum atomic E-state index is -0.204. The molecule has 0 amide bonds. The number of benzene rings is 6. The Morgan fingerprint density at radius 2 is 0.797 bits per heavy atom. The summed E-state index contributed by atoms with van der Waals surface area (Å²) in [5.74, 6) is 2.91. The summed E-state index contributed by atoms with van der Waals surface area (Å²) < 4.78 is 0. The van der Waals surface area contributed by atoms with Gasteiger partial charge in [0.2, 0.25) is 0 Å². The first-order chi connectivity index (χ1) is 30.7. The van der Waals surface area contributed by atoms with E-state index in [2.05, 4.69) is 78.7 Å². The number of terminal acetylenes is 1. The maximum atomic E-state index is 6.36. The molecule has 0 fully saturated rings. The SMILES string of the molecule is [B]c1c([B])c([B])c(-c2cnc(-c3ccc(-c4ccccc4CC(C#C)c4ccccc4-c4ccc(-c5cc(C)c(-c6c([B])c([B])c([B])c([B])c6[B])cn5)cc4)cc3)cc2C)c([B])c1[B]. The molecule has 0 aliphatic heterocycles. The van der Waals surface area contributed by atoms with Crippen molar-refractivity contribution in [3.05, 3.63) is 144 Å². The van der Waals surface area contributed by atoms with Crippen molar-refractivity contribution in [1.29, 1.82) is 0 Å². The number of hydrogen-bond acceptors (Lipinski definition) is 2. The van der Waals surface area contributed by atoms with E-state index in [4.69, 9.17) is 94.9 Å². The van der Waals surface area contributed by atoms with Crippen LogP contribution in [-0.4, -0.2) is 88.4 Å². The van der Waals surface area contributed by atoms with Crippen LogP contribution in [0.25, 0.3) is 67.0 Å². The zero-order valence-corrected chi connectivity index (χ0v) is 35.6. The van der Waals surface area contributed by atoms with Crippen molar-refractivity contribution in [2.75, 3.05) is 0 Å². The molecule has 1 unspecified atom stereocenters. The van der Waals surface area contributed by atoms with Crippen LogP contribution in [-0.2, 0) is 6.42 Å². The smallest absolute Gasteiger partial charge is 0.113 e. The molecule has 20 radical (unpaired) electrons. The van der Waals surface area contributed by atoms with Gasteiger partial charge in [-0.05, 0) is 88.0 Å². The van der Waals surface area contributed by atoms with Crippen LogP contribution in [0.3, 0.4) is 0 Å². The summed E-state index contributed by atoms with van der Waals surface area (Å²) in [5, 5.41) is 0. The van der Waals surface area contributed by atoms with E-state index in [1.807, 2.05) is 50.2 Å². The second-order valence-corrected chi connectivity index (χ2v) is 16.0. The van der Waals surface area contributed by atoms with Crippen LogP contribution in [0, 0.1) is 26.2 Å². The van der Waals surface area contributed by atoms with E-state index in [-0.39, 0.29) is 60.5 Å². The molecule has 2 aromatic heterocycles. The largest absolute Gasteiger partial charge is 0.256 e. The lowest BCUT2D eigenvalue weighted by Gasteiger charge is -2.22. The molecule has 64 heavy (non-hydrogen) atoms. The average Bonchev–Trinajstić information content (AvgIpc) is 3.32. The Hall–Kier alpha value is -6.17. The Bertz CT molecular complexity index is 3120. The van der Waals surface area contributed by atoms with Gasteiger partial charge >= 0.3 is 0 Å². The molecule has 278 valence electrons. The highest BCUT2D eigenvalue weighted by atomic mass is 14.7. The predicted molar refractivity (Wildman–Crippen MR) is 280 cm³/mol. The summed E-state index contributed by atoms with van der Waals surface area (Å²) in [7, 11) is 62.1. The van der Waals surface area contributed by atoms with Gasteiger partial charge in [-0.3, -0.25) is 9.97 Å². The second-order valence-electron chi connectivity index (χ2n) is 16.0. The highest BCUT2D eigenvalue weighted by Gasteiger charge is 2.20. The zero-order valence-electron chi connectivity index (χ0n) is 35.6. The predicted octanol–water partition coefficient (Wildman–Crippen LogP) is 0.993. The van der Waals surface area contributed by atoms with Gasteiger partial charge in [0.15, 0.2) is 0 Å². The molecule has 8 rings (SSSR count). The van der Waals surface area contributed by atoms with Crippen LogP contribution in [0.4, 0.5) is 0 Å². The molecule has 0 saturated carbocycles. The van der Waals surface area contributed by atoms with Gasteiger partial charge in [0, 0.05) is 40.6 Å². The molecule has 0 saturated heterocycles. The molecule has 1 atom stereocenters. The summed E-state index contributed by atoms with van der Waals surface area (Å²) in [5.41, 5.74) is 16.5. The quantitative estimate of drug-likeness (QED) is 0.161. The highest BCUT2D eigenvalue weighted by Crippen LogP contribution is 2.36. The lowest BCUT2D eigenvalue weighted by atomic mass is 9.59. The van der Waals surface area contributed by atoms with E-state index >= 15 is 0 Å². The summed E-state index contributed by atoms with van der Waals surface area (Å²) in [6.07, 6.45) is 10.5. The van der Waals surface area contributed by atoms with Crippen molar-refractivity contribution < 1.29 is 0 Å². The molecule has 0 aliphatic rings. The molecule has 8 aromatic rings. The van der Waals surface area contributed by atoms with Crippen molar-refractivity contribution in [3.63, 3.8) is 0 Å². The molecule has 0 N–H and O–H groups in total. The molecular weight excluding hydrogens is 761 g/mol. The van der Waals surface area contributed by atoms with Gasteiger partial charge in [-0.2, -0.15) is 0 Å². The number of nitrogens with zero attached hydrogens (tertiary/aromatic N) is 2. The van der Waals surface area contributed by atoms with E-state index in [1.54, 1.807) is 12.4 Å². The maximum Gasteiger partial charge on any atom is 0.113 e. The molecule has 0 aliphatic carbocycles. The van der Waals surface area contributed by atoms with Crippen LogP contribution in [0.15, 0.2) is 122 Å². The Balaban J connectivity index is 1.03. The van der Waals surface area contributed by atoms with Crippen LogP contribution in [0.2, 0.25) is 0 Å². The first-order valence-corrected chi connectivity index (χ1v) is 20.5. The van der Waals surface area contributed by atoms with Crippen molar-refractivity contribution in [1.82, 2.24) is 9.97 Å². The molecule has 2 heterocycles. The van der Waals surface area contributed by atoms with E-state index < -0.39 is 0 Å². The van der Waals surface area contributed by atoms with E-state index in [9.17, 15) is 0 Å². The highest BCUT2D eigenvalue weighted by molar-refractivity contribution is 6.70. The average molecular weight is 791 g/mol. The van der Waals surface area contributed by atoms with E-state index in [1.165, 1.54) is 0 Å². The monoisotopic (exact) mass is 792 g/mol. The standard InChI is InChI=1S/C52H30B10N2/c1-4-28(35-11-7-8-12-36(35)30-15-19-32(20-16-30)40-22-27(3)38(25-64-40)42-45(55)49(59)52(62)50(60)46(42)56)23-33-9-5-6-10-34(33)29-13-17-31(18-14-29)39-21-26(2)37(24-63-39)41-43(53)47(57)51(61)48(58)44(41)54/h1,5-22,24-25,28H,23H2,2-3H3. The van der Waals surface area contributed by atoms with Crippen LogP contribution in [0.1, 0.15) is 28.2 Å². The van der Waals surface area contributed by atoms with Crippen LogP contribution < -0.4 is 54.6 Å². The minimum Gasteiger partial charge on any atom is -0.256 e. The summed E-state index contributed by atoms with van der Waals surface area (Å²) in [6, 6.07) is 37.3. The Labute approximate surface area is 390 Å². The number of pyridine rings is 2.